The molecule has 168 valence electrons. The standard InChI is InChI=1S/C28H50O/c1-4-7-10-11-12-13-14-15-16-19-22-27-26(21-18-9-6-3)25(20-17-8-5-2)23-24-28(27)29/h23-24,29H,4-22H2,1-3H3. The molecule has 0 radical (unpaired) electrons. The van der Waals surface area contributed by atoms with Crippen molar-refractivity contribution in [3.05, 3.63) is 28.8 Å². The van der Waals surface area contributed by atoms with Gasteiger partial charge in [-0.3, -0.25) is 0 Å². The smallest absolute Gasteiger partial charge is 0.119 e. The van der Waals surface area contributed by atoms with Crippen LogP contribution >= 0.6 is 0 Å². The zero-order valence-electron chi connectivity index (χ0n) is 20.0. The van der Waals surface area contributed by atoms with Gasteiger partial charge in [0.15, 0.2) is 0 Å². The molecule has 1 rings (SSSR count). The monoisotopic (exact) mass is 402 g/mol. The van der Waals surface area contributed by atoms with E-state index in [1.165, 1.54) is 126 Å². The van der Waals surface area contributed by atoms with Crippen molar-refractivity contribution in [2.45, 2.75) is 143 Å². The minimum absolute atomic E-state index is 0.548. The Kier molecular flexibility index (Phi) is 16.0. The fourth-order valence-electron chi connectivity index (χ4n) is 4.46. The molecule has 0 aliphatic carbocycles. The van der Waals surface area contributed by atoms with Gasteiger partial charge in [-0.25, -0.2) is 0 Å². The molecule has 0 heterocycles. The third kappa shape index (κ3) is 11.7. The van der Waals surface area contributed by atoms with E-state index >= 15 is 0 Å². The minimum Gasteiger partial charge on any atom is -0.508 e. The Labute approximate surface area is 182 Å². The average molecular weight is 403 g/mol. The zero-order valence-corrected chi connectivity index (χ0v) is 20.0. The van der Waals surface area contributed by atoms with E-state index < -0.39 is 0 Å². The van der Waals surface area contributed by atoms with Crippen LogP contribution in [0, 0.1) is 0 Å². The largest absolute Gasteiger partial charge is 0.508 e. The Balaban J connectivity index is 2.49. The van der Waals surface area contributed by atoms with Crippen molar-refractivity contribution in [2.75, 3.05) is 0 Å². The third-order valence-electron chi connectivity index (χ3n) is 6.36. The van der Waals surface area contributed by atoms with Crippen LogP contribution in [0.1, 0.15) is 140 Å². The first-order valence-corrected chi connectivity index (χ1v) is 13.1. The van der Waals surface area contributed by atoms with Crippen molar-refractivity contribution >= 4 is 0 Å². The number of rotatable bonds is 19. The lowest BCUT2D eigenvalue weighted by Crippen LogP contribution is -2.02. The summed E-state index contributed by atoms with van der Waals surface area (Å²) in [5.74, 6) is 0.548. The maximum Gasteiger partial charge on any atom is 0.119 e. The van der Waals surface area contributed by atoms with Crippen LogP contribution in [0.25, 0.3) is 0 Å². The van der Waals surface area contributed by atoms with Crippen molar-refractivity contribution in [3.63, 3.8) is 0 Å². The van der Waals surface area contributed by atoms with E-state index in [0.717, 1.165) is 12.8 Å². The SMILES string of the molecule is CCCCCCCCCCCCc1c(O)ccc(CCCCC)c1CCCCC. The van der Waals surface area contributed by atoms with Crippen molar-refractivity contribution < 1.29 is 5.11 Å². The lowest BCUT2D eigenvalue weighted by molar-refractivity contribution is 0.463. The molecule has 1 heteroatoms. The first-order chi connectivity index (χ1) is 14.2. The van der Waals surface area contributed by atoms with Gasteiger partial charge in [0.25, 0.3) is 0 Å². The number of hydrogen-bond donors (Lipinski definition) is 1. The summed E-state index contributed by atoms with van der Waals surface area (Å²) in [6.45, 7) is 6.83. The summed E-state index contributed by atoms with van der Waals surface area (Å²) in [7, 11) is 0. The molecular weight excluding hydrogens is 352 g/mol. The summed E-state index contributed by atoms with van der Waals surface area (Å²) in [6.07, 6.45) is 24.8. The summed E-state index contributed by atoms with van der Waals surface area (Å²) in [6, 6.07) is 4.17. The number of phenolic OH excluding ortho intramolecular Hbond substituents is 1. The van der Waals surface area contributed by atoms with Gasteiger partial charge < -0.3 is 5.11 Å². The first kappa shape index (κ1) is 26.1. The molecule has 0 unspecified atom stereocenters. The van der Waals surface area contributed by atoms with Crippen LogP contribution in [0.2, 0.25) is 0 Å². The molecule has 0 fully saturated rings. The molecular formula is C28H50O. The number of phenols is 1. The van der Waals surface area contributed by atoms with Crippen molar-refractivity contribution in [1.29, 1.82) is 0 Å². The van der Waals surface area contributed by atoms with Crippen LogP contribution in [0.15, 0.2) is 12.1 Å². The second-order valence-corrected chi connectivity index (χ2v) is 9.05. The predicted octanol–water partition coefficient (Wildman–Crippen LogP) is 9.32. The normalized spacial score (nSPS) is 11.3. The minimum atomic E-state index is 0.548. The van der Waals surface area contributed by atoms with Gasteiger partial charge >= 0.3 is 0 Å². The van der Waals surface area contributed by atoms with Crippen LogP contribution < -0.4 is 0 Å². The van der Waals surface area contributed by atoms with Crippen molar-refractivity contribution in [3.8, 4) is 5.75 Å². The van der Waals surface area contributed by atoms with Gasteiger partial charge in [-0.15, -0.1) is 0 Å². The van der Waals surface area contributed by atoms with E-state index in [1.54, 1.807) is 0 Å². The topological polar surface area (TPSA) is 20.2 Å². The van der Waals surface area contributed by atoms with Crippen molar-refractivity contribution in [1.82, 2.24) is 0 Å². The molecule has 0 bridgehead atoms. The van der Waals surface area contributed by atoms with Crippen LogP contribution in [0.5, 0.6) is 5.75 Å². The van der Waals surface area contributed by atoms with E-state index in [4.69, 9.17) is 0 Å². The highest BCUT2D eigenvalue weighted by Gasteiger charge is 2.13. The van der Waals surface area contributed by atoms with Gasteiger partial charge in [0.2, 0.25) is 0 Å². The second kappa shape index (κ2) is 17.8. The van der Waals surface area contributed by atoms with E-state index in [1.807, 2.05) is 6.07 Å². The van der Waals surface area contributed by atoms with E-state index in [2.05, 4.69) is 26.8 Å². The molecule has 0 atom stereocenters. The number of benzene rings is 1. The van der Waals surface area contributed by atoms with Gasteiger partial charge in [-0.05, 0) is 61.3 Å². The van der Waals surface area contributed by atoms with E-state index in [0.29, 0.717) is 5.75 Å². The number of hydrogen-bond acceptors (Lipinski definition) is 1. The molecule has 1 N–H and O–H groups in total. The molecule has 0 amide bonds. The summed E-state index contributed by atoms with van der Waals surface area (Å²) >= 11 is 0. The van der Waals surface area contributed by atoms with Gasteiger partial charge in [-0.1, -0.05) is 110 Å². The second-order valence-electron chi connectivity index (χ2n) is 9.05. The molecule has 0 spiro atoms. The first-order valence-electron chi connectivity index (χ1n) is 13.1. The van der Waals surface area contributed by atoms with Crippen molar-refractivity contribution in [2.24, 2.45) is 0 Å². The molecule has 0 aliphatic heterocycles. The molecule has 0 saturated heterocycles. The molecule has 0 aliphatic rings. The molecule has 1 nitrogen and oxygen atoms in total. The maximum atomic E-state index is 10.6. The van der Waals surface area contributed by atoms with Gasteiger partial charge in [-0.2, -0.15) is 0 Å². The fraction of sp³-hybridized carbons (Fsp3) is 0.786. The fourth-order valence-corrected chi connectivity index (χ4v) is 4.46. The Morgan fingerprint density at radius 3 is 1.48 bits per heavy atom. The summed E-state index contributed by atoms with van der Waals surface area (Å²) < 4.78 is 0. The summed E-state index contributed by atoms with van der Waals surface area (Å²) in [5.41, 5.74) is 4.27. The van der Waals surface area contributed by atoms with E-state index in [-0.39, 0.29) is 0 Å². The molecule has 1 aromatic carbocycles. The van der Waals surface area contributed by atoms with Gasteiger partial charge in [0, 0.05) is 0 Å². The molecule has 1 aromatic rings. The average Bonchev–Trinajstić information content (AvgIpc) is 2.72. The van der Waals surface area contributed by atoms with Gasteiger partial charge in [0.1, 0.15) is 5.75 Å². The molecule has 0 aromatic heterocycles. The highest BCUT2D eigenvalue weighted by Crippen LogP contribution is 2.29. The highest BCUT2D eigenvalue weighted by molar-refractivity contribution is 5.45. The quantitative estimate of drug-likeness (QED) is 0.228. The third-order valence-corrected chi connectivity index (χ3v) is 6.36. The lowest BCUT2D eigenvalue weighted by Gasteiger charge is -2.17. The summed E-state index contributed by atoms with van der Waals surface area (Å²) in [4.78, 5) is 0. The van der Waals surface area contributed by atoms with E-state index in [9.17, 15) is 5.11 Å². The lowest BCUT2D eigenvalue weighted by atomic mass is 9.89. The van der Waals surface area contributed by atoms with Crippen LogP contribution in [-0.2, 0) is 19.3 Å². The van der Waals surface area contributed by atoms with Crippen LogP contribution in [-0.4, -0.2) is 5.11 Å². The Morgan fingerprint density at radius 1 is 0.483 bits per heavy atom. The Bertz CT molecular complexity index is 505. The van der Waals surface area contributed by atoms with Crippen LogP contribution in [0.4, 0.5) is 0 Å². The number of unbranched alkanes of at least 4 members (excludes halogenated alkanes) is 13. The Morgan fingerprint density at radius 2 is 0.897 bits per heavy atom. The highest BCUT2D eigenvalue weighted by atomic mass is 16.3. The maximum absolute atomic E-state index is 10.6. The molecule has 29 heavy (non-hydrogen) atoms. The number of aryl methyl sites for hydroxylation is 1. The number of aromatic hydroxyl groups is 1. The Hall–Kier alpha value is -0.980. The summed E-state index contributed by atoms with van der Waals surface area (Å²) in [5, 5.41) is 10.6. The van der Waals surface area contributed by atoms with Gasteiger partial charge in [0.05, 0.1) is 0 Å². The van der Waals surface area contributed by atoms with Crippen LogP contribution in [0.3, 0.4) is 0 Å². The zero-order chi connectivity index (χ0) is 21.2. The predicted molar refractivity (Wildman–Crippen MR) is 130 cm³/mol. The molecule has 0 saturated carbocycles.